The van der Waals surface area contributed by atoms with Gasteiger partial charge in [-0.1, -0.05) is 38.0 Å². The summed E-state index contributed by atoms with van der Waals surface area (Å²) >= 11 is 0. The van der Waals surface area contributed by atoms with Gasteiger partial charge in [0.25, 0.3) is 0 Å². The van der Waals surface area contributed by atoms with Gasteiger partial charge in [-0.2, -0.15) is 0 Å². The maximum atomic E-state index is 13.9. The van der Waals surface area contributed by atoms with Crippen molar-refractivity contribution in [2.45, 2.75) is 64.2 Å². The standard InChI is InChI=1S/C19H32F3N/c1-15(10-8-6-5-7-9-11-23-4)12-17(3)19(22)18(21)13-16(2)14-20/h13,18-19,23H,1,3,5-12,14H2,2,4H3/b16-13-. The molecule has 4 heteroatoms. The van der Waals surface area contributed by atoms with Gasteiger partial charge in [-0.25, -0.2) is 13.2 Å². The molecular formula is C19H32F3N. The molecular weight excluding hydrogens is 299 g/mol. The molecule has 2 unspecified atom stereocenters. The summed E-state index contributed by atoms with van der Waals surface area (Å²) in [5.74, 6) is 0. The van der Waals surface area contributed by atoms with Gasteiger partial charge in [0.05, 0.1) is 0 Å². The van der Waals surface area contributed by atoms with E-state index in [-0.39, 0.29) is 11.1 Å². The summed E-state index contributed by atoms with van der Waals surface area (Å²) < 4.78 is 39.9. The lowest BCUT2D eigenvalue weighted by Crippen LogP contribution is -2.18. The lowest BCUT2D eigenvalue weighted by molar-refractivity contribution is 0.233. The van der Waals surface area contributed by atoms with E-state index in [1.807, 2.05) is 7.05 Å². The van der Waals surface area contributed by atoms with Crippen LogP contribution in [-0.2, 0) is 0 Å². The van der Waals surface area contributed by atoms with E-state index in [4.69, 9.17) is 0 Å². The average Bonchev–Trinajstić information content (AvgIpc) is 2.52. The Hall–Kier alpha value is -1.03. The van der Waals surface area contributed by atoms with Crippen molar-refractivity contribution in [1.29, 1.82) is 0 Å². The van der Waals surface area contributed by atoms with Crippen molar-refractivity contribution in [2.75, 3.05) is 20.3 Å². The monoisotopic (exact) mass is 331 g/mol. The molecule has 0 fully saturated rings. The van der Waals surface area contributed by atoms with Gasteiger partial charge in [-0.15, -0.1) is 0 Å². The molecule has 0 aromatic heterocycles. The normalized spacial score (nSPS) is 14.6. The third-order valence-corrected chi connectivity index (χ3v) is 3.76. The molecule has 0 heterocycles. The van der Waals surface area contributed by atoms with Gasteiger partial charge in [0.1, 0.15) is 6.67 Å². The minimum atomic E-state index is -1.83. The Morgan fingerprint density at radius 1 is 1.09 bits per heavy atom. The molecule has 1 N–H and O–H groups in total. The Kier molecular flexibility index (Phi) is 12.8. The van der Waals surface area contributed by atoms with E-state index in [0.29, 0.717) is 6.42 Å². The third kappa shape index (κ3) is 11.2. The van der Waals surface area contributed by atoms with Gasteiger partial charge in [0, 0.05) is 0 Å². The van der Waals surface area contributed by atoms with Crippen LogP contribution in [0.1, 0.15) is 51.9 Å². The summed E-state index contributed by atoms with van der Waals surface area (Å²) in [5.41, 5.74) is 1.26. The molecule has 134 valence electrons. The molecule has 0 saturated carbocycles. The first-order chi connectivity index (χ1) is 10.9. The van der Waals surface area contributed by atoms with Crippen LogP contribution in [0.2, 0.25) is 0 Å². The van der Waals surface area contributed by atoms with E-state index in [2.05, 4.69) is 18.5 Å². The highest BCUT2D eigenvalue weighted by Crippen LogP contribution is 2.23. The Morgan fingerprint density at radius 3 is 2.30 bits per heavy atom. The van der Waals surface area contributed by atoms with E-state index < -0.39 is 19.0 Å². The SMILES string of the molecule is C=C(CCCCCCCNC)CC(=C)C(F)C(F)/C=C(/C)CF. The number of nitrogens with one attached hydrogen (secondary N) is 1. The molecule has 0 spiro atoms. The molecule has 0 bridgehead atoms. The second-order valence-corrected chi connectivity index (χ2v) is 6.20. The van der Waals surface area contributed by atoms with Crippen LogP contribution in [0.15, 0.2) is 36.0 Å². The van der Waals surface area contributed by atoms with Crippen LogP contribution < -0.4 is 5.32 Å². The Morgan fingerprint density at radius 2 is 1.70 bits per heavy atom. The smallest absolute Gasteiger partial charge is 0.156 e. The van der Waals surface area contributed by atoms with Crippen molar-refractivity contribution >= 4 is 0 Å². The van der Waals surface area contributed by atoms with Crippen molar-refractivity contribution in [1.82, 2.24) is 5.32 Å². The van der Waals surface area contributed by atoms with Gasteiger partial charge in [0.15, 0.2) is 12.3 Å². The van der Waals surface area contributed by atoms with Crippen LogP contribution in [0.3, 0.4) is 0 Å². The molecule has 0 amide bonds. The highest BCUT2D eigenvalue weighted by Gasteiger charge is 2.21. The predicted molar refractivity (Wildman–Crippen MR) is 94.0 cm³/mol. The fourth-order valence-corrected chi connectivity index (χ4v) is 2.34. The van der Waals surface area contributed by atoms with Crippen molar-refractivity contribution in [3.63, 3.8) is 0 Å². The molecule has 23 heavy (non-hydrogen) atoms. The van der Waals surface area contributed by atoms with E-state index in [1.165, 1.54) is 26.2 Å². The Bertz CT molecular complexity index is 377. The Balaban J connectivity index is 3.94. The highest BCUT2D eigenvalue weighted by atomic mass is 19.2. The number of hydrogen-bond donors (Lipinski definition) is 1. The summed E-state index contributed by atoms with van der Waals surface area (Å²) in [4.78, 5) is 0. The lowest BCUT2D eigenvalue weighted by atomic mass is 9.96. The maximum absolute atomic E-state index is 13.9. The average molecular weight is 331 g/mol. The number of halogens is 3. The zero-order chi connectivity index (χ0) is 17.7. The minimum absolute atomic E-state index is 0.180. The van der Waals surface area contributed by atoms with Gasteiger partial charge in [-0.05, 0) is 63.4 Å². The second kappa shape index (κ2) is 13.4. The predicted octanol–water partition coefficient (Wildman–Crippen LogP) is 5.64. The fourth-order valence-electron chi connectivity index (χ4n) is 2.34. The zero-order valence-electron chi connectivity index (χ0n) is 14.6. The van der Waals surface area contributed by atoms with Crippen LogP contribution in [-0.4, -0.2) is 32.6 Å². The zero-order valence-corrected chi connectivity index (χ0v) is 14.6. The van der Waals surface area contributed by atoms with Gasteiger partial charge < -0.3 is 5.32 Å². The van der Waals surface area contributed by atoms with E-state index in [9.17, 15) is 13.2 Å². The lowest BCUT2D eigenvalue weighted by Gasteiger charge is -2.15. The molecule has 2 atom stereocenters. The summed E-state index contributed by atoms with van der Waals surface area (Å²) in [6, 6.07) is 0. The van der Waals surface area contributed by atoms with Crippen molar-refractivity contribution in [3.8, 4) is 0 Å². The quantitative estimate of drug-likeness (QED) is 0.321. The molecule has 0 saturated heterocycles. The number of rotatable bonds is 14. The van der Waals surface area contributed by atoms with Crippen molar-refractivity contribution < 1.29 is 13.2 Å². The number of allylic oxidation sites excluding steroid dienone is 4. The molecule has 1 nitrogen and oxygen atoms in total. The van der Waals surface area contributed by atoms with Crippen molar-refractivity contribution in [3.05, 3.63) is 36.0 Å². The van der Waals surface area contributed by atoms with Gasteiger partial charge >= 0.3 is 0 Å². The molecule has 0 aliphatic heterocycles. The first-order valence-corrected chi connectivity index (χ1v) is 8.42. The first kappa shape index (κ1) is 22.0. The summed E-state index contributed by atoms with van der Waals surface area (Å²) in [5, 5.41) is 3.12. The fraction of sp³-hybridized carbons (Fsp3) is 0.684. The molecule has 0 aromatic carbocycles. The number of alkyl halides is 3. The Labute approximate surface area is 139 Å². The van der Waals surface area contributed by atoms with Crippen molar-refractivity contribution in [2.24, 2.45) is 0 Å². The second-order valence-electron chi connectivity index (χ2n) is 6.20. The molecule has 0 aromatic rings. The van der Waals surface area contributed by atoms with Crippen LogP contribution in [0.25, 0.3) is 0 Å². The number of hydrogen-bond acceptors (Lipinski definition) is 1. The molecule has 0 aliphatic rings. The van der Waals surface area contributed by atoms with Crippen LogP contribution in [0.5, 0.6) is 0 Å². The largest absolute Gasteiger partial charge is 0.320 e. The summed E-state index contributed by atoms with van der Waals surface area (Å²) in [7, 11) is 1.95. The van der Waals surface area contributed by atoms with Crippen LogP contribution in [0, 0.1) is 0 Å². The van der Waals surface area contributed by atoms with Gasteiger partial charge in [-0.3, -0.25) is 0 Å². The van der Waals surface area contributed by atoms with Crippen LogP contribution >= 0.6 is 0 Å². The molecule has 0 rings (SSSR count). The van der Waals surface area contributed by atoms with E-state index in [1.54, 1.807) is 0 Å². The summed E-state index contributed by atoms with van der Waals surface area (Å²) in [6.45, 7) is 9.27. The topological polar surface area (TPSA) is 12.0 Å². The third-order valence-electron chi connectivity index (χ3n) is 3.76. The first-order valence-electron chi connectivity index (χ1n) is 8.42. The van der Waals surface area contributed by atoms with E-state index >= 15 is 0 Å². The van der Waals surface area contributed by atoms with Gasteiger partial charge in [0.2, 0.25) is 0 Å². The highest BCUT2D eigenvalue weighted by molar-refractivity contribution is 5.18. The van der Waals surface area contributed by atoms with Crippen LogP contribution in [0.4, 0.5) is 13.2 Å². The molecule has 0 aliphatic carbocycles. The summed E-state index contributed by atoms with van der Waals surface area (Å²) in [6.07, 6.45) is 4.18. The maximum Gasteiger partial charge on any atom is 0.156 e. The minimum Gasteiger partial charge on any atom is -0.320 e. The molecule has 0 radical (unpaired) electrons. The van der Waals surface area contributed by atoms with E-state index in [0.717, 1.165) is 37.5 Å². The number of unbranched alkanes of at least 4 members (excludes halogenated alkanes) is 4.